The second kappa shape index (κ2) is 6.55. The van der Waals surface area contributed by atoms with Crippen LogP contribution in [0.2, 0.25) is 0 Å². The molecule has 2 rings (SSSR count). The minimum absolute atomic E-state index is 0. The molecule has 0 spiro atoms. The number of hydrogen-bond donors (Lipinski definition) is 1. The first-order valence-corrected chi connectivity index (χ1v) is 7.94. The van der Waals surface area contributed by atoms with E-state index in [0.717, 1.165) is 25.1 Å². The lowest BCUT2D eigenvalue weighted by Crippen LogP contribution is -2.30. The number of halogens is 1. The highest BCUT2D eigenvalue weighted by Crippen LogP contribution is 2.18. The first kappa shape index (κ1) is 15.5. The van der Waals surface area contributed by atoms with Crippen LogP contribution < -0.4 is 5.32 Å². The minimum atomic E-state index is -3.08. The molecule has 18 heavy (non-hydrogen) atoms. The Labute approximate surface area is 115 Å². The maximum absolute atomic E-state index is 11.5. The Bertz CT molecular complexity index is 482. The fraction of sp³-hybridized carbons (Fsp3) is 0.538. The third-order valence-corrected chi connectivity index (χ3v) is 4.36. The molecule has 0 aromatic heterocycles. The van der Waals surface area contributed by atoms with E-state index in [1.807, 2.05) is 18.2 Å². The van der Waals surface area contributed by atoms with Gasteiger partial charge in [0.2, 0.25) is 0 Å². The molecule has 1 unspecified atom stereocenters. The summed E-state index contributed by atoms with van der Waals surface area (Å²) in [7, 11) is -3.08. The highest BCUT2D eigenvalue weighted by molar-refractivity contribution is 7.90. The summed E-state index contributed by atoms with van der Waals surface area (Å²) in [6.45, 7) is 2.16. The van der Waals surface area contributed by atoms with Gasteiger partial charge in [-0.05, 0) is 56.0 Å². The van der Waals surface area contributed by atoms with E-state index in [-0.39, 0.29) is 12.4 Å². The van der Waals surface area contributed by atoms with Crippen LogP contribution in [0.1, 0.15) is 18.4 Å². The molecule has 0 saturated carbocycles. The van der Waals surface area contributed by atoms with Gasteiger partial charge in [0.15, 0.2) is 9.84 Å². The first-order valence-electron chi connectivity index (χ1n) is 6.05. The zero-order valence-corrected chi connectivity index (χ0v) is 12.2. The van der Waals surface area contributed by atoms with Gasteiger partial charge in [0.1, 0.15) is 0 Å². The van der Waals surface area contributed by atoms with Crippen LogP contribution in [0.3, 0.4) is 0 Å². The van der Waals surface area contributed by atoms with Crippen molar-refractivity contribution >= 4 is 22.2 Å². The molecule has 1 atom stereocenters. The molecule has 0 aliphatic carbocycles. The molecular weight excluding hydrogens is 270 g/mol. The van der Waals surface area contributed by atoms with Gasteiger partial charge in [0.05, 0.1) is 4.90 Å². The average molecular weight is 290 g/mol. The lowest BCUT2D eigenvalue weighted by atomic mass is 9.92. The van der Waals surface area contributed by atoms with Crippen LogP contribution in [0.5, 0.6) is 0 Å². The Kier molecular flexibility index (Phi) is 5.63. The summed E-state index contributed by atoms with van der Waals surface area (Å²) in [5.41, 5.74) is 1.13. The van der Waals surface area contributed by atoms with Gasteiger partial charge < -0.3 is 5.32 Å². The second-order valence-electron chi connectivity index (χ2n) is 4.84. The SMILES string of the molecule is CS(=O)(=O)c1cccc(CC2CCCNC2)c1.Cl. The molecule has 1 aliphatic rings. The molecule has 0 amide bonds. The number of benzene rings is 1. The minimum Gasteiger partial charge on any atom is -0.316 e. The fourth-order valence-corrected chi connectivity index (χ4v) is 3.03. The summed E-state index contributed by atoms with van der Waals surface area (Å²) in [6, 6.07) is 7.33. The van der Waals surface area contributed by atoms with E-state index >= 15 is 0 Å². The molecule has 5 heteroatoms. The predicted octanol–water partition coefficient (Wildman–Crippen LogP) is 2.05. The molecular formula is C13H20ClNO2S. The first-order chi connectivity index (χ1) is 8.05. The molecule has 1 aromatic rings. The van der Waals surface area contributed by atoms with Crippen LogP contribution in [-0.2, 0) is 16.3 Å². The average Bonchev–Trinajstić information content (AvgIpc) is 2.29. The van der Waals surface area contributed by atoms with Gasteiger partial charge in [0, 0.05) is 6.26 Å². The topological polar surface area (TPSA) is 46.2 Å². The number of sulfone groups is 1. The monoisotopic (exact) mass is 289 g/mol. The molecule has 1 aromatic carbocycles. The van der Waals surface area contributed by atoms with Crippen LogP contribution in [0.25, 0.3) is 0 Å². The third-order valence-electron chi connectivity index (χ3n) is 3.25. The molecule has 1 N–H and O–H groups in total. The van der Waals surface area contributed by atoms with Crippen molar-refractivity contribution in [2.75, 3.05) is 19.3 Å². The van der Waals surface area contributed by atoms with Crippen molar-refractivity contribution in [3.05, 3.63) is 29.8 Å². The molecule has 102 valence electrons. The van der Waals surface area contributed by atoms with Crippen molar-refractivity contribution < 1.29 is 8.42 Å². The fourth-order valence-electron chi connectivity index (χ4n) is 2.33. The van der Waals surface area contributed by atoms with Crippen molar-refractivity contribution in [1.29, 1.82) is 0 Å². The van der Waals surface area contributed by atoms with E-state index in [9.17, 15) is 8.42 Å². The van der Waals surface area contributed by atoms with Crippen LogP contribution in [0.15, 0.2) is 29.2 Å². The summed E-state index contributed by atoms with van der Waals surface area (Å²) in [4.78, 5) is 0.429. The van der Waals surface area contributed by atoms with Crippen LogP contribution >= 0.6 is 12.4 Å². The van der Waals surface area contributed by atoms with Gasteiger partial charge in [-0.2, -0.15) is 0 Å². The molecule has 0 bridgehead atoms. The van der Waals surface area contributed by atoms with Crippen LogP contribution in [-0.4, -0.2) is 27.8 Å². The number of nitrogens with one attached hydrogen (secondary N) is 1. The zero-order chi connectivity index (χ0) is 12.3. The Morgan fingerprint density at radius 2 is 2.17 bits per heavy atom. The van der Waals surface area contributed by atoms with E-state index in [1.165, 1.54) is 19.1 Å². The highest BCUT2D eigenvalue weighted by Gasteiger charge is 2.14. The van der Waals surface area contributed by atoms with E-state index in [2.05, 4.69) is 5.32 Å². The van der Waals surface area contributed by atoms with Crippen molar-refractivity contribution in [3.8, 4) is 0 Å². The largest absolute Gasteiger partial charge is 0.316 e. The van der Waals surface area contributed by atoms with E-state index in [4.69, 9.17) is 0 Å². The van der Waals surface area contributed by atoms with Crippen molar-refractivity contribution in [2.24, 2.45) is 5.92 Å². The normalized spacial score (nSPS) is 20.2. The molecule has 0 radical (unpaired) electrons. The number of hydrogen-bond acceptors (Lipinski definition) is 3. The summed E-state index contributed by atoms with van der Waals surface area (Å²) in [5.74, 6) is 0.638. The molecule has 1 saturated heterocycles. The van der Waals surface area contributed by atoms with Gasteiger partial charge in [0.25, 0.3) is 0 Å². The quantitative estimate of drug-likeness (QED) is 0.926. The van der Waals surface area contributed by atoms with Crippen molar-refractivity contribution in [2.45, 2.75) is 24.2 Å². The molecule has 1 fully saturated rings. The molecule has 1 aliphatic heterocycles. The standard InChI is InChI=1S/C13H19NO2S.ClH/c1-17(15,16)13-6-2-4-11(9-13)8-12-5-3-7-14-10-12;/h2,4,6,9,12,14H,3,5,7-8,10H2,1H3;1H. The Hall–Kier alpha value is -0.580. The number of rotatable bonds is 3. The Balaban J connectivity index is 0.00000162. The second-order valence-corrected chi connectivity index (χ2v) is 6.85. The summed E-state index contributed by atoms with van der Waals surface area (Å²) in [5, 5.41) is 3.38. The van der Waals surface area contributed by atoms with Crippen LogP contribution in [0, 0.1) is 5.92 Å². The van der Waals surface area contributed by atoms with Gasteiger partial charge in [-0.1, -0.05) is 12.1 Å². The van der Waals surface area contributed by atoms with E-state index in [0.29, 0.717) is 10.8 Å². The molecule has 3 nitrogen and oxygen atoms in total. The molecule has 1 heterocycles. The van der Waals surface area contributed by atoms with Crippen molar-refractivity contribution in [1.82, 2.24) is 5.32 Å². The van der Waals surface area contributed by atoms with Crippen molar-refractivity contribution in [3.63, 3.8) is 0 Å². The smallest absolute Gasteiger partial charge is 0.175 e. The predicted molar refractivity (Wildman–Crippen MR) is 76.1 cm³/mol. The van der Waals surface area contributed by atoms with E-state index in [1.54, 1.807) is 6.07 Å². The summed E-state index contributed by atoms with van der Waals surface area (Å²) < 4.78 is 22.9. The highest BCUT2D eigenvalue weighted by atomic mass is 35.5. The van der Waals surface area contributed by atoms with Crippen LogP contribution in [0.4, 0.5) is 0 Å². The summed E-state index contributed by atoms with van der Waals surface area (Å²) >= 11 is 0. The van der Waals surface area contributed by atoms with Gasteiger partial charge in [-0.25, -0.2) is 8.42 Å². The summed E-state index contributed by atoms with van der Waals surface area (Å²) in [6.07, 6.45) is 4.68. The van der Waals surface area contributed by atoms with Gasteiger partial charge in [-0.15, -0.1) is 12.4 Å². The maximum atomic E-state index is 11.5. The third kappa shape index (κ3) is 4.26. The van der Waals surface area contributed by atoms with E-state index < -0.39 is 9.84 Å². The Morgan fingerprint density at radius 1 is 1.39 bits per heavy atom. The lowest BCUT2D eigenvalue weighted by Gasteiger charge is -2.22. The lowest BCUT2D eigenvalue weighted by molar-refractivity contribution is 0.376. The number of piperidine rings is 1. The Morgan fingerprint density at radius 3 is 2.78 bits per heavy atom. The van der Waals surface area contributed by atoms with Gasteiger partial charge >= 0.3 is 0 Å². The maximum Gasteiger partial charge on any atom is 0.175 e. The zero-order valence-electron chi connectivity index (χ0n) is 10.6. The van der Waals surface area contributed by atoms with Gasteiger partial charge in [-0.3, -0.25) is 0 Å².